The molecule has 0 radical (unpaired) electrons. The Morgan fingerprint density at radius 1 is 0.305 bits per heavy atom. The van der Waals surface area contributed by atoms with Crippen molar-refractivity contribution in [2.24, 2.45) is 0 Å². The SMILES string of the molecule is O=C(Oc1ccc(C(c2ccc(OC(=O)c3ccccc3)cc2)(c2ccc(OC(=O)c3ccccc3)cc2)N(c2ccccc2)c2ccccc2)cc1)c1ccccc1. The first-order valence-corrected chi connectivity index (χ1v) is 19.0. The summed E-state index contributed by atoms with van der Waals surface area (Å²) in [4.78, 5) is 41.6. The van der Waals surface area contributed by atoms with E-state index in [1.807, 2.05) is 115 Å². The van der Waals surface area contributed by atoms with Crippen molar-refractivity contribution in [3.63, 3.8) is 0 Å². The second kappa shape index (κ2) is 17.4. The molecular formula is C52H37NO6. The molecule has 0 saturated carbocycles. The van der Waals surface area contributed by atoms with E-state index in [1.165, 1.54) is 0 Å². The largest absolute Gasteiger partial charge is 0.423 e. The molecule has 0 fully saturated rings. The van der Waals surface area contributed by atoms with Crippen LogP contribution >= 0.6 is 0 Å². The minimum atomic E-state index is -1.14. The van der Waals surface area contributed by atoms with Gasteiger partial charge >= 0.3 is 17.9 Å². The Balaban J connectivity index is 1.30. The van der Waals surface area contributed by atoms with Crippen molar-refractivity contribution in [3.05, 3.63) is 258 Å². The van der Waals surface area contributed by atoms with Gasteiger partial charge in [0, 0.05) is 11.4 Å². The van der Waals surface area contributed by atoms with Crippen molar-refractivity contribution >= 4 is 29.3 Å². The Kier molecular flexibility index (Phi) is 11.2. The van der Waals surface area contributed by atoms with Gasteiger partial charge in [0.05, 0.1) is 16.7 Å². The highest BCUT2D eigenvalue weighted by atomic mass is 16.5. The van der Waals surface area contributed by atoms with Gasteiger partial charge in [0.2, 0.25) is 0 Å². The monoisotopic (exact) mass is 771 g/mol. The molecule has 0 heterocycles. The van der Waals surface area contributed by atoms with E-state index in [4.69, 9.17) is 14.2 Å². The predicted molar refractivity (Wildman–Crippen MR) is 228 cm³/mol. The third-order valence-electron chi connectivity index (χ3n) is 9.84. The van der Waals surface area contributed by atoms with Gasteiger partial charge in [0.15, 0.2) is 0 Å². The van der Waals surface area contributed by atoms with Crippen molar-refractivity contribution in [2.45, 2.75) is 5.54 Å². The maximum Gasteiger partial charge on any atom is 0.343 e. The summed E-state index contributed by atoms with van der Waals surface area (Å²) in [6.07, 6.45) is 0. The van der Waals surface area contributed by atoms with Crippen molar-refractivity contribution in [1.82, 2.24) is 0 Å². The lowest BCUT2D eigenvalue weighted by Crippen LogP contribution is -2.45. The average molecular weight is 772 g/mol. The van der Waals surface area contributed by atoms with Gasteiger partial charge in [0.1, 0.15) is 22.8 Å². The van der Waals surface area contributed by atoms with E-state index in [1.54, 1.807) is 109 Å². The highest BCUT2D eigenvalue weighted by Crippen LogP contribution is 2.49. The number of nitrogens with zero attached hydrogens (tertiary/aromatic N) is 1. The Labute approximate surface area is 342 Å². The normalized spacial score (nSPS) is 10.9. The summed E-state index contributed by atoms with van der Waals surface area (Å²) in [6, 6.07) is 68.9. The molecule has 0 amide bonds. The van der Waals surface area contributed by atoms with Crippen molar-refractivity contribution in [3.8, 4) is 17.2 Å². The molecule has 7 heteroatoms. The molecule has 0 saturated heterocycles. The summed E-state index contributed by atoms with van der Waals surface area (Å²) in [6.45, 7) is 0. The van der Waals surface area contributed by atoms with E-state index in [2.05, 4.69) is 4.90 Å². The molecule has 8 rings (SSSR count). The quantitative estimate of drug-likeness (QED) is 0.0695. The fourth-order valence-corrected chi connectivity index (χ4v) is 7.09. The van der Waals surface area contributed by atoms with Crippen molar-refractivity contribution < 1.29 is 28.6 Å². The Hall–Kier alpha value is -8.03. The molecule has 59 heavy (non-hydrogen) atoms. The van der Waals surface area contributed by atoms with Crippen LogP contribution in [-0.4, -0.2) is 17.9 Å². The molecule has 7 nitrogen and oxygen atoms in total. The van der Waals surface area contributed by atoms with Crippen LogP contribution in [0.3, 0.4) is 0 Å². The maximum absolute atomic E-state index is 13.1. The summed E-state index contributed by atoms with van der Waals surface area (Å²) >= 11 is 0. The van der Waals surface area contributed by atoms with Crippen LogP contribution in [0.2, 0.25) is 0 Å². The van der Waals surface area contributed by atoms with E-state index >= 15 is 0 Å². The van der Waals surface area contributed by atoms with E-state index in [-0.39, 0.29) is 0 Å². The number of carbonyl (C=O) groups excluding carboxylic acids is 3. The summed E-state index contributed by atoms with van der Waals surface area (Å²) in [5, 5.41) is 0. The molecule has 0 aliphatic rings. The van der Waals surface area contributed by atoms with Gasteiger partial charge in [-0.1, -0.05) is 127 Å². The molecule has 0 atom stereocenters. The molecule has 0 unspecified atom stereocenters. The number of hydrogen-bond donors (Lipinski definition) is 0. The molecule has 286 valence electrons. The molecule has 0 aliphatic carbocycles. The number of para-hydroxylation sites is 2. The molecule has 0 spiro atoms. The number of ether oxygens (including phenoxy) is 3. The topological polar surface area (TPSA) is 82.1 Å². The van der Waals surface area contributed by atoms with Gasteiger partial charge in [-0.05, 0) is 114 Å². The Morgan fingerprint density at radius 2 is 0.542 bits per heavy atom. The lowest BCUT2D eigenvalue weighted by molar-refractivity contribution is 0.0725. The second-order valence-corrected chi connectivity index (χ2v) is 13.6. The minimum Gasteiger partial charge on any atom is -0.423 e. The molecule has 8 aromatic rings. The van der Waals surface area contributed by atoms with E-state index in [0.717, 1.165) is 28.1 Å². The fraction of sp³-hybridized carbons (Fsp3) is 0.0192. The Bertz CT molecular complexity index is 2360. The Morgan fingerprint density at radius 3 is 0.797 bits per heavy atom. The van der Waals surface area contributed by atoms with Gasteiger partial charge in [0.25, 0.3) is 0 Å². The average Bonchev–Trinajstić information content (AvgIpc) is 3.30. The molecule has 0 aromatic heterocycles. The van der Waals surface area contributed by atoms with Crippen molar-refractivity contribution in [2.75, 3.05) is 4.90 Å². The van der Waals surface area contributed by atoms with Crippen LogP contribution in [0, 0.1) is 0 Å². The zero-order chi connectivity index (χ0) is 40.4. The van der Waals surface area contributed by atoms with E-state index in [0.29, 0.717) is 33.9 Å². The molecule has 0 aliphatic heterocycles. The molecular weight excluding hydrogens is 735 g/mol. The van der Waals surface area contributed by atoms with Crippen LogP contribution in [0.25, 0.3) is 0 Å². The fourth-order valence-electron chi connectivity index (χ4n) is 7.09. The smallest absolute Gasteiger partial charge is 0.343 e. The first-order chi connectivity index (χ1) is 29.0. The highest BCUT2D eigenvalue weighted by Gasteiger charge is 2.44. The van der Waals surface area contributed by atoms with Gasteiger partial charge in [-0.25, -0.2) is 14.4 Å². The van der Waals surface area contributed by atoms with Gasteiger partial charge in [-0.15, -0.1) is 0 Å². The summed E-state index contributed by atoms with van der Waals surface area (Å²) in [7, 11) is 0. The number of anilines is 2. The maximum atomic E-state index is 13.1. The number of hydrogen-bond acceptors (Lipinski definition) is 7. The van der Waals surface area contributed by atoms with Gasteiger partial charge in [-0.3, -0.25) is 0 Å². The lowest BCUT2D eigenvalue weighted by atomic mass is 9.74. The van der Waals surface area contributed by atoms with Crippen LogP contribution in [0.1, 0.15) is 47.8 Å². The van der Waals surface area contributed by atoms with Gasteiger partial charge in [-0.2, -0.15) is 0 Å². The first-order valence-electron chi connectivity index (χ1n) is 19.0. The third kappa shape index (κ3) is 8.26. The van der Waals surface area contributed by atoms with E-state index < -0.39 is 23.4 Å². The van der Waals surface area contributed by atoms with Crippen LogP contribution < -0.4 is 19.1 Å². The zero-order valence-corrected chi connectivity index (χ0v) is 31.8. The minimum absolute atomic E-state index is 0.369. The standard InChI is InChI=1S/C52H37NO6/c54-49(38-16-6-1-7-17-38)57-46-32-26-41(27-33-46)52(53(44-22-12-4-13-23-44)45-24-14-5-15-25-45,42-28-34-47(35-29-42)58-50(55)39-18-8-2-9-19-39)43-30-36-48(37-31-43)59-51(56)40-20-10-3-11-21-40/h1-37H. The van der Waals surface area contributed by atoms with Crippen LogP contribution in [0.15, 0.2) is 224 Å². The van der Waals surface area contributed by atoms with Gasteiger partial charge < -0.3 is 19.1 Å². The van der Waals surface area contributed by atoms with Crippen LogP contribution in [0.4, 0.5) is 11.4 Å². The number of esters is 3. The summed E-state index contributed by atoms with van der Waals surface area (Å²) in [5.74, 6) is -0.306. The van der Waals surface area contributed by atoms with Crippen LogP contribution in [0.5, 0.6) is 17.2 Å². The molecule has 0 N–H and O–H groups in total. The number of carbonyl (C=O) groups is 3. The second-order valence-electron chi connectivity index (χ2n) is 13.6. The van der Waals surface area contributed by atoms with E-state index in [9.17, 15) is 14.4 Å². The number of benzene rings is 8. The summed E-state index contributed by atoms with van der Waals surface area (Å²) in [5.41, 5.74) is 4.35. The number of rotatable bonds is 12. The lowest BCUT2D eigenvalue weighted by Gasteiger charge is -2.47. The highest BCUT2D eigenvalue weighted by molar-refractivity contribution is 5.92. The molecule has 0 bridgehead atoms. The third-order valence-corrected chi connectivity index (χ3v) is 9.84. The first kappa shape index (κ1) is 37.9. The zero-order valence-electron chi connectivity index (χ0n) is 31.8. The molecule has 8 aromatic carbocycles. The summed E-state index contributed by atoms with van der Waals surface area (Å²) < 4.78 is 17.5. The van der Waals surface area contributed by atoms with Crippen LogP contribution in [-0.2, 0) is 5.54 Å². The predicted octanol–water partition coefficient (Wildman–Crippen LogP) is 11.5. The van der Waals surface area contributed by atoms with Crippen molar-refractivity contribution in [1.29, 1.82) is 0 Å².